The molecule has 0 aliphatic carbocycles. The minimum absolute atomic E-state index is 0.0167. The van der Waals surface area contributed by atoms with Gasteiger partial charge in [-0.3, -0.25) is 4.79 Å². The molecule has 5 heteroatoms. The summed E-state index contributed by atoms with van der Waals surface area (Å²) in [6.07, 6.45) is 2.28. The topological polar surface area (TPSA) is 63.4 Å². The van der Waals surface area contributed by atoms with Gasteiger partial charge < -0.3 is 19.8 Å². The highest BCUT2D eigenvalue weighted by Gasteiger charge is 2.24. The highest BCUT2D eigenvalue weighted by molar-refractivity contribution is 5.87. The highest BCUT2D eigenvalue weighted by atomic mass is 16.5. The summed E-state index contributed by atoms with van der Waals surface area (Å²) in [5.41, 5.74) is 4.08. The first-order valence-corrected chi connectivity index (χ1v) is 10.3. The van der Waals surface area contributed by atoms with Crippen molar-refractivity contribution in [3.05, 3.63) is 95.7 Å². The largest absolute Gasteiger partial charge is 0.497 e. The molecule has 0 aliphatic rings. The van der Waals surface area contributed by atoms with Gasteiger partial charge in [0.2, 0.25) is 5.91 Å². The number of ether oxygens (including phenoxy) is 2. The van der Waals surface area contributed by atoms with E-state index >= 15 is 0 Å². The van der Waals surface area contributed by atoms with Gasteiger partial charge in [-0.25, -0.2) is 0 Å². The molecule has 0 bridgehead atoms. The van der Waals surface area contributed by atoms with Crippen molar-refractivity contribution in [2.45, 2.75) is 18.9 Å². The average Bonchev–Trinajstić information content (AvgIpc) is 3.24. The van der Waals surface area contributed by atoms with Gasteiger partial charge in [0.25, 0.3) is 0 Å². The standard InChI is InChI=1S/C26H26N2O3/c1-30-19-12-13-24-22(14-19)23(17-27-24)21(20-10-6-7-11-25(20)31-2)15-26(29)28-16-18-8-4-3-5-9-18/h3-14,17,21,27H,15-16H2,1-2H3,(H,28,29). The van der Waals surface area contributed by atoms with E-state index in [0.29, 0.717) is 13.0 Å². The first-order chi connectivity index (χ1) is 15.2. The van der Waals surface area contributed by atoms with Gasteiger partial charge in [-0.15, -0.1) is 0 Å². The SMILES string of the molecule is COc1ccc2[nH]cc(C(CC(=O)NCc3ccccc3)c3ccccc3OC)c2c1. The number of rotatable bonds is 8. The first-order valence-electron chi connectivity index (χ1n) is 10.3. The van der Waals surface area contributed by atoms with Crippen molar-refractivity contribution >= 4 is 16.8 Å². The second-order valence-corrected chi connectivity index (χ2v) is 7.42. The Morgan fingerprint density at radius 1 is 0.935 bits per heavy atom. The second-order valence-electron chi connectivity index (χ2n) is 7.42. The van der Waals surface area contributed by atoms with Crippen LogP contribution in [0.2, 0.25) is 0 Å². The van der Waals surface area contributed by atoms with E-state index in [-0.39, 0.29) is 11.8 Å². The van der Waals surface area contributed by atoms with Crippen molar-refractivity contribution in [1.29, 1.82) is 0 Å². The predicted octanol–water partition coefficient (Wildman–Crippen LogP) is 5.02. The number of carbonyl (C=O) groups is 1. The summed E-state index contributed by atoms with van der Waals surface area (Å²) in [5, 5.41) is 4.09. The number of hydrogen-bond acceptors (Lipinski definition) is 3. The summed E-state index contributed by atoms with van der Waals surface area (Å²) in [5.74, 6) is 1.35. The molecule has 31 heavy (non-hydrogen) atoms. The number of carbonyl (C=O) groups excluding carboxylic acids is 1. The van der Waals surface area contributed by atoms with Crippen LogP contribution in [0, 0.1) is 0 Å². The Balaban J connectivity index is 1.68. The van der Waals surface area contributed by atoms with E-state index in [1.54, 1.807) is 14.2 Å². The smallest absolute Gasteiger partial charge is 0.221 e. The second kappa shape index (κ2) is 9.39. The van der Waals surface area contributed by atoms with E-state index in [1.165, 1.54) is 0 Å². The number of para-hydroxylation sites is 1. The number of aromatic amines is 1. The lowest BCUT2D eigenvalue weighted by Crippen LogP contribution is -2.25. The third-order valence-electron chi connectivity index (χ3n) is 5.53. The van der Waals surface area contributed by atoms with Crippen LogP contribution in [0.4, 0.5) is 0 Å². The van der Waals surface area contributed by atoms with Crippen LogP contribution in [0.1, 0.15) is 29.0 Å². The quantitative estimate of drug-likeness (QED) is 0.425. The molecule has 158 valence electrons. The molecular weight excluding hydrogens is 388 g/mol. The molecule has 0 radical (unpaired) electrons. The van der Waals surface area contributed by atoms with Gasteiger partial charge >= 0.3 is 0 Å². The lowest BCUT2D eigenvalue weighted by molar-refractivity contribution is -0.121. The number of nitrogens with one attached hydrogen (secondary N) is 2. The maximum absolute atomic E-state index is 13.0. The normalized spacial score (nSPS) is 11.8. The first kappa shape index (κ1) is 20.5. The fourth-order valence-electron chi connectivity index (χ4n) is 3.93. The summed E-state index contributed by atoms with van der Waals surface area (Å²) in [6.45, 7) is 0.500. The van der Waals surface area contributed by atoms with Crippen LogP contribution >= 0.6 is 0 Å². The zero-order valence-corrected chi connectivity index (χ0v) is 17.7. The van der Waals surface area contributed by atoms with Gasteiger partial charge in [-0.1, -0.05) is 48.5 Å². The maximum atomic E-state index is 13.0. The van der Waals surface area contributed by atoms with Gasteiger partial charge in [0.15, 0.2) is 0 Å². The summed E-state index contributed by atoms with van der Waals surface area (Å²) in [4.78, 5) is 16.3. The Kier molecular flexibility index (Phi) is 6.22. The van der Waals surface area contributed by atoms with Gasteiger partial charge in [0.1, 0.15) is 11.5 Å². The van der Waals surface area contributed by atoms with Crippen molar-refractivity contribution in [1.82, 2.24) is 10.3 Å². The number of hydrogen-bond donors (Lipinski definition) is 2. The molecule has 0 spiro atoms. The van der Waals surface area contributed by atoms with Crippen molar-refractivity contribution in [3.63, 3.8) is 0 Å². The van der Waals surface area contributed by atoms with Crippen LogP contribution in [0.25, 0.3) is 10.9 Å². The van der Waals surface area contributed by atoms with Crippen LogP contribution in [0.15, 0.2) is 79.0 Å². The summed E-state index contributed by atoms with van der Waals surface area (Å²) < 4.78 is 11.1. The van der Waals surface area contributed by atoms with E-state index in [1.807, 2.05) is 79.0 Å². The van der Waals surface area contributed by atoms with Crippen molar-refractivity contribution < 1.29 is 14.3 Å². The molecule has 1 amide bonds. The Labute approximate surface area is 182 Å². The van der Waals surface area contributed by atoms with Crippen LogP contribution in [0.3, 0.4) is 0 Å². The van der Waals surface area contributed by atoms with E-state index in [9.17, 15) is 4.79 Å². The molecule has 1 atom stereocenters. The lowest BCUT2D eigenvalue weighted by Gasteiger charge is -2.20. The summed E-state index contributed by atoms with van der Waals surface area (Å²) >= 11 is 0. The Hall–Kier alpha value is -3.73. The van der Waals surface area contributed by atoms with Crippen LogP contribution in [0.5, 0.6) is 11.5 Å². The molecule has 4 rings (SSSR count). The minimum atomic E-state index is -0.173. The molecule has 0 saturated carbocycles. The van der Waals surface area contributed by atoms with E-state index in [4.69, 9.17) is 9.47 Å². The minimum Gasteiger partial charge on any atom is -0.497 e. The molecule has 4 aromatic rings. The molecule has 3 aromatic carbocycles. The number of H-pyrrole nitrogens is 1. The fourth-order valence-corrected chi connectivity index (χ4v) is 3.93. The molecule has 5 nitrogen and oxygen atoms in total. The van der Waals surface area contributed by atoms with Crippen molar-refractivity contribution in [2.24, 2.45) is 0 Å². The summed E-state index contributed by atoms with van der Waals surface area (Å²) in [7, 11) is 3.31. The molecule has 1 unspecified atom stereocenters. The lowest BCUT2D eigenvalue weighted by atomic mass is 9.87. The third-order valence-corrected chi connectivity index (χ3v) is 5.53. The van der Waals surface area contributed by atoms with E-state index < -0.39 is 0 Å². The Bertz CT molecular complexity index is 1170. The van der Waals surface area contributed by atoms with Gasteiger partial charge in [-0.05, 0) is 35.4 Å². The Morgan fingerprint density at radius 2 is 1.71 bits per heavy atom. The molecule has 2 N–H and O–H groups in total. The molecule has 1 aromatic heterocycles. The summed E-state index contributed by atoms with van der Waals surface area (Å²) in [6, 6.07) is 23.7. The van der Waals surface area contributed by atoms with Crippen LogP contribution in [-0.4, -0.2) is 25.1 Å². The third kappa shape index (κ3) is 4.56. The van der Waals surface area contributed by atoms with Crippen molar-refractivity contribution in [2.75, 3.05) is 14.2 Å². The maximum Gasteiger partial charge on any atom is 0.221 e. The van der Waals surface area contributed by atoms with Gasteiger partial charge in [0, 0.05) is 41.5 Å². The molecule has 0 saturated heterocycles. The number of aromatic nitrogens is 1. The molecule has 0 fully saturated rings. The molecule has 1 heterocycles. The fraction of sp³-hybridized carbons (Fsp3) is 0.192. The number of fused-ring (bicyclic) bond motifs is 1. The van der Waals surface area contributed by atoms with Crippen molar-refractivity contribution in [3.8, 4) is 11.5 Å². The van der Waals surface area contributed by atoms with E-state index in [0.717, 1.165) is 39.1 Å². The zero-order chi connectivity index (χ0) is 21.6. The monoisotopic (exact) mass is 414 g/mol. The zero-order valence-electron chi connectivity index (χ0n) is 17.7. The molecular formula is C26H26N2O3. The van der Waals surface area contributed by atoms with Crippen LogP contribution in [-0.2, 0) is 11.3 Å². The number of benzene rings is 3. The Morgan fingerprint density at radius 3 is 2.48 bits per heavy atom. The number of methoxy groups -OCH3 is 2. The molecule has 0 aliphatic heterocycles. The van der Waals surface area contributed by atoms with E-state index in [2.05, 4.69) is 10.3 Å². The van der Waals surface area contributed by atoms with Gasteiger partial charge in [0.05, 0.1) is 14.2 Å². The predicted molar refractivity (Wildman–Crippen MR) is 123 cm³/mol. The number of amides is 1. The highest BCUT2D eigenvalue weighted by Crippen LogP contribution is 2.38. The van der Waals surface area contributed by atoms with Gasteiger partial charge in [-0.2, -0.15) is 0 Å². The average molecular weight is 415 g/mol. The van der Waals surface area contributed by atoms with Crippen LogP contribution < -0.4 is 14.8 Å².